The van der Waals surface area contributed by atoms with Gasteiger partial charge in [-0.05, 0) is 38.0 Å². The van der Waals surface area contributed by atoms with Gasteiger partial charge in [0.15, 0.2) is 9.84 Å². The van der Waals surface area contributed by atoms with E-state index in [9.17, 15) is 13.2 Å². The molecule has 1 amide bonds. The number of sulfone groups is 1. The van der Waals surface area contributed by atoms with Crippen LogP contribution in [-0.4, -0.2) is 41.8 Å². The average molecular weight is 360 g/mol. The first-order valence-corrected chi connectivity index (χ1v) is 9.83. The molecule has 3 rings (SSSR count). The first kappa shape index (κ1) is 17.3. The fourth-order valence-electron chi connectivity index (χ4n) is 2.79. The summed E-state index contributed by atoms with van der Waals surface area (Å²) < 4.78 is 23.0. The molecule has 7 nitrogen and oxygen atoms in total. The van der Waals surface area contributed by atoms with Gasteiger partial charge in [0.05, 0.1) is 11.5 Å². The highest BCUT2D eigenvalue weighted by Gasteiger charge is 2.29. The highest BCUT2D eigenvalue weighted by molar-refractivity contribution is 7.91. The molecule has 25 heavy (non-hydrogen) atoms. The van der Waals surface area contributed by atoms with Gasteiger partial charge in [-0.2, -0.15) is 0 Å². The molecule has 1 aliphatic heterocycles. The largest absolute Gasteiger partial charge is 0.347 e. The molecule has 1 aliphatic rings. The number of rotatable bonds is 4. The van der Waals surface area contributed by atoms with Gasteiger partial charge in [0.1, 0.15) is 5.69 Å². The van der Waals surface area contributed by atoms with Crippen molar-refractivity contribution in [2.45, 2.75) is 26.3 Å². The number of aryl methyl sites for hydroxylation is 2. The summed E-state index contributed by atoms with van der Waals surface area (Å²) in [4.78, 5) is 20.7. The lowest BCUT2D eigenvalue weighted by molar-refractivity contribution is 0.0936. The topological polar surface area (TPSA) is 101 Å². The normalized spacial score (nSPS) is 18.7. The number of hydrogen-bond donors (Lipinski definition) is 2. The van der Waals surface area contributed by atoms with E-state index in [0.29, 0.717) is 12.4 Å². The van der Waals surface area contributed by atoms with Crippen molar-refractivity contribution in [3.05, 3.63) is 47.3 Å². The summed E-state index contributed by atoms with van der Waals surface area (Å²) in [7, 11) is -3.04. The van der Waals surface area contributed by atoms with Crippen molar-refractivity contribution in [1.82, 2.24) is 15.3 Å². The summed E-state index contributed by atoms with van der Waals surface area (Å²) in [6.07, 6.45) is 1.94. The minimum atomic E-state index is -3.04. The standard InChI is InChI=1S/C17H20N4O3S/c1-11-3-4-14(12(2)9-11)20-17-18-7-5-15(21-17)16(22)19-13-6-8-25(23,24)10-13/h3-5,7,9,13H,6,8,10H2,1-2H3,(H,19,22)(H,18,20,21). The highest BCUT2D eigenvalue weighted by atomic mass is 32.2. The quantitative estimate of drug-likeness (QED) is 0.861. The smallest absolute Gasteiger partial charge is 0.270 e. The molecule has 1 atom stereocenters. The molecule has 0 radical (unpaired) electrons. The number of carbonyl (C=O) groups is 1. The molecular weight excluding hydrogens is 340 g/mol. The Hall–Kier alpha value is -2.48. The van der Waals surface area contributed by atoms with Crippen LogP contribution in [0.15, 0.2) is 30.5 Å². The molecule has 2 N–H and O–H groups in total. The van der Waals surface area contributed by atoms with E-state index in [1.807, 2.05) is 32.0 Å². The maximum Gasteiger partial charge on any atom is 0.270 e. The highest BCUT2D eigenvalue weighted by Crippen LogP contribution is 2.19. The summed E-state index contributed by atoms with van der Waals surface area (Å²) in [5.74, 6) is 0.0189. The van der Waals surface area contributed by atoms with Crippen LogP contribution >= 0.6 is 0 Å². The van der Waals surface area contributed by atoms with Gasteiger partial charge in [-0.25, -0.2) is 18.4 Å². The Bertz CT molecular complexity index is 912. The van der Waals surface area contributed by atoms with Gasteiger partial charge in [-0.15, -0.1) is 0 Å². The molecule has 132 valence electrons. The number of hydrogen-bond acceptors (Lipinski definition) is 6. The van der Waals surface area contributed by atoms with E-state index in [1.165, 1.54) is 12.3 Å². The Kier molecular flexibility index (Phi) is 4.71. The summed E-state index contributed by atoms with van der Waals surface area (Å²) in [6, 6.07) is 7.10. The predicted molar refractivity (Wildman–Crippen MR) is 95.8 cm³/mol. The number of amides is 1. The van der Waals surface area contributed by atoms with E-state index < -0.39 is 15.7 Å². The zero-order valence-electron chi connectivity index (χ0n) is 14.1. The Morgan fingerprint density at radius 2 is 2.04 bits per heavy atom. The number of anilines is 2. The molecule has 1 unspecified atom stereocenters. The minimum Gasteiger partial charge on any atom is -0.347 e. The van der Waals surface area contributed by atoms with Crippen LogP contribution in [0.3, 0.4) is 0 Å². The van der Waals surface area contributed by atoms with Crippen LogP contribution in [0.2, 0.25) is 0 Å². The van der Waals surface area contributed by atoms with Crippen LogP contribution in [0.25, 0.3) is 0 Å². The van der Waals surface area contributed by atoms with E-state index in [0.717, 1.165) is 16.8 Å². The van der Waals surface area contributed by atoms with Gasteiger partial charge >= 0.3 is 0 Å². The van der Waals surface area contributed by atoms with Crippen molar-refractivity contribution in [1.29, 1.82) is 0 Å². The second kappa shape index (κ2) is 6.79. The van der Waals surface area contributed by atoms with Crippen molar-refractivity contribution in [3.8, 4) is 0 Å². The molecule has 2 heterocycles. The van der Waals surface area contributed by atoms with E-state index in [1.54, 1.807) is 0 Å². The van der Waals surface area contributed by atoms with Crippen molar-refractivity contribution in [2.24, 2.45) is 0 Å². The fourth-order valence-corrected chi connectivity index (χ4v) is 4.46. The van der Waals surface area contributed by atoms with E-state index >= 15 is 0 Å². The van der Waals surface area contributed by atoms with Crippen LogP contribution in [0.4, 0.5) is 11.6 Å². The summed E-state index contributed by atoms with van der Waals surface area (Å²) >= 11 is 0. The Morgan fingerprint density at radius 1 is 1.24 bits per heavy atom. The third-order valence-electron chi connectivity index (χ3n) is 4.08. The fraction of sp³-hybridized carbons (Fsp3) is 0.353. The third kappa shape index (κ3) is 4.33. The molecule has 1 aromatic heterocycles. The zero-order chi connectivity index (χ0) is 18.0. The number of aromatic nitrogens is 2. The van der Waals surface area contributed by atoms with Crippen molar-refractivity contribution in [2.75, 3.05) is 16.8 Å². The van der Waals surface area contributed by atoms with Crippen LogP contribution in [-0.2, 0) is 9.84 Å². The maximum absolute atomic E-state index is 12.3. The first-order valence-electron chi connectivity index (χ1n) is 8.01. The lowest BCUT2D eigenvalue weighted by Crippen LogP contribution is -2.36. The molecular formula is C17H20N4O3S. The minimum absolute atomic E-state index is 0.0164. The summed E-state index contributed by atoms with van der Waals surface area (Å²) in [5.41, 5.74) is 3.27. The Labute approximate surface area is 146 Å². The van der Waals surface area contributed by atoms with Gasteiger partial charge in [-0.1, -0.05) is 17.7 Å². The monoisotopic (exact) mass is 360 g/mol. The SMILES string of the molecule is Cc1ccc(Nc2nccc(C(=O)NC3CCS(=O)(=O)C3)n2)c(C)c1. The molecule has 0 aliphatic carbocycles. The van der Waals surface area contributed by atoms with Crippen molar-refractivity contribution in [3.63, 3.8) is 0 Å². The van der Waals surface area contributed by atoms with E-state index in [4.69, 9.17) is 0 Å². The third-order valence-corrected chi connectivity index (χ3v) is 5.85. The van der Waals surface area contributed by atoms with Gasteiger partial charge in [0.25, 0.3) is 5.91 Å². The number of nitrogens with one attached hydrogen (secondary N) is 2. The molecule has 0 bridgehead atoms. The Morgan fingerprint density at radius 3 is 2.72 bits per heavy atom. The van der Waals surface area contributed by atoms with Gasteiger partial charge in [0.2, 0.25) is 5.95 Å². The molecule has 1 saturated heterocycles. The lowest BCUT2D eigenvalue weighted by Gasteiger charge is -2.12. The molecule has 8 heteroatoms. The summed E-state index contributed by atoms with van der Waals surface area (Å²) in [6.45, 7) is 3.99. The predicted octanol–water partition coefficient (Wildman–Crippen LogP) is 1.75. The lowest BCUT2D eigenvalue weighted by atomic mass is 10.1. The van der Waals surface area contributed by atoms with E-state index in [2.05, 4.69) is 20.6 Å². The van der Waals surface area contributed by atoms with Gasteiger partial charge < -0.3 is 10.6 Å². The van der Waals surface area contributed by atoms with E-state index in [-0.39, 0.29) is 23.2 Å². The van der Waals surface area contributed by atoms with Crippen molar-refractivity contribution >= 4 is 27.4 Å². The van der Waals surface area contributed by atoms with Crippen molar-refractivity contribution < 1.29 is 13.2 Å². The van der Waals surface area contributed by atoms with Crippen LogP contribution < -0.4 is 10.6 Å². The van der Waals surface area contributed by atoms with Crippen LogP contribution in [0, 0.1) is 13.8 Å². The number of benzene rings is 1. The van der Waals surface area contributed by atoms with Crippen LogP contribution in [0.5, 0.6) is 0 Å². The van der Waals surface area contributed by atoms with Gasteiger partial charge in [0, 0.05) is 17.9 Å². The average Bonchev–Trinajstić information content (AvgIpc) is 2.89. The second-order valence-electron chi connectivity index (χ2n) is 6.28. The molecule has 0 spiro atoms. The Balaban J connectivity index is 1.71. The first-order chi connectivity index (χ1) is 11.8. The maximum atomic E-state index is 12.3. The zero-order valence-corrected chi connectivity index (χ0v) is 14.9. The molecule has 1 fully saturated rings. The number of nitrogens with zero attached hydrogens (tertiary/aromatic N) is 2. The number of carbonyl (C=O) groups excluding carboxylic acids is 1. The molecule has 0 saturated carbocycles. The molecule has 1 aromatic carbocycles. The van der Waals surface area contributed by atoms with Crippen LogP contribution in [0.1, 0.15) is 28.0 Å². The second-order valence-corrected chi connectivity index (χ2v) is 8.51. The summed E-state index contributed by atoms with van der Waals surface area (Å²) in [5, 5.41) is 5.83. The van der Waals surface area contributed by atoms with Gasteiger partial charge in [-0.3, -0.25) is 4.79 Å². The molecule has 2 aromatic rings.